The van der Waals surface area contributed by atoms with Crippen molar-refractivity contribution in [2.24, 2.45) is 0 Å². The van der Waals surface area contributed by atoms with E-state index >= 15 is 0 Å². The van der Waals surface area contributed by atoms with Gasteiger partial charge in [-0.3, -0.25) is 4.90 Å². The third-order valence-corrected chi connectivity index (χ3v) is 5.93. The average molecular weight is 426 g/mol. The van der Waals surface area contributed by atoms with Gasteiger partial charge in [0.1, 0.15) is 18.1 Å². The van der Waals surface area contributed by atoms with E-state index in [2.05, 4.69) is 4.90 Å². The zero-order valence-electron chi connectivity index (χ0n) is 15.5. The molecule has 1 aromatic heterocycles. The van der Waals surface area contributed by atoms with E-state index in [1.54, 1.807) is 12.1 Å². The fourth-order valence-corrected chi connectivity index (χ4v) is 4.35. The Kier molecular flexibility index (Phi) is 4.70. The highest BCUT2D eigenvalue weighted by Gasteiger charge is 2.22. The Labute approximate surface area is 177 Å². The highest BCUT2D eigenvalue weighted by molar-refractivity contribution is 6.35. The Morgan fingerprint density at radius 2 is 1.79 bits per heavy atom. The summed E-state index contributed by atoms with van der Waals surface area (Å²) in [6.45, 7) is 1.87. The molecule has 0 saturated carbocycles. The van der Waals surface area contributed by atoms with Crippen molar-refractivity contribution >= 4 is 44.9 Å². The van der Waals surface area contributed by atoms with E-state index in [0.29, 0.717) is 34.3 Å². The molecule has 4 nitrogen and oxygen atoms in total. The topological polar surface area (TPSA) is 42.7 Å². The van der Waals surface area contributed by atoms with Gasteiger partial charge in [0.25, 0.3) is 0 Å². The molecule has 6 heteroatoms. The average Bonchev–Trinajstić information content (AvgIpc) is 2.73. The Bertz CT molecular complexity index is 1300. The molecule has 0 aliphatic carbocycles. The number of nitrogens with zero attached hydrogens (tertiary/aromatic N) is 1. The molecule has 0 saturated heterocycles. The first-order chi connectivity index (χ1) is 14.1. The summed E-state index contributed by atoms with van der Waals surface area (Å²) >= 11 is 12.3. The van der Waals surface area contributed by atoms with Crippen LogP contribution in [0.15, 0.2) is 63.8 Å². The van der Waals surface area contributed by atoms with Crippen molar-refractivity contribution < 1.29 is 9.15 Å². The molecule has 0 N–H and O–H groups in total. The molecule has 0 bridgehead atoms. The molecule has 29 heavy (non-hydrogen) atoms. The highest BCUT2D eigenvalue weighted by atomic mass is 35.5. The number of rotatable bonds is 3. The minimum absolute atomic E-state index is 0.327. The van der Waals surface area contributed by atoms with E-state index in [4.69, 9.17) is 32.4 Å². The molecule has 2 heterocycles. The molecule has 0 radical (unpaired) electrons. The van der Waals surface area contributed by atoms with Gasteiger partial charge in [-0.25, -0.2) is 4.79 Å². The van der Waals surface area contributed by atoms with Gasteiger partial charge >= 0.3 is 5.63 Å². The van der Waals surface area contributed by atoms with E-state index in [1.165, 1.54) is 0 Å². The van der Waals surface area contributed by atoms with Crippen molar-refractivity contribution in [1.82, 2.24) is 4.90 Å². The standard InChI is InChI=1S/C23H17Cl2NO3/c24-15-6-5-14(20(25)11-15)9-10-26-12-19-21(28-13-26)8-7-17-16-3-1-2-4-18(16)23(27)29-22(17)19/h1-8,11H,9-10,12-13H2. The van der Waals surface area contributed by atoms with E-state index in [9.17, 15) is 4.79 Å². The molecule has 0 unspecified atom stereocenters. The SMILES string of the molecule is O=c1oc2c3c(ccc2c2ccccc12)OCN(CCc1ccc(Cl)cc1Cl)C3. The van der Waals surface area contributed by atoms with Crippen molar-refractivity contribution in [1.29, 1.82) is 0 Å². The van der Waals surface area contributed by atoms with Crippen LogP contribution in [0, 0.1) is 0 Å². The smallest absolute Gasteiger partial charge is 0.344 e. The number of hydrogen-bond acceptors (Lipinski definition) is 4. The zero-order valence-corrected chi connectivity index (χ0v) is 17.0. The van der Waals surface area contributed by atoms with E-state index in [1.807, 2.05) is 42.5 Å². The normalized spacial score (nSPS) is 14.1. The van der Waals surface area contributed by atoms with Crippen LogP contribution in [0.4, 0.5) is 0 Å². The third-order valence-electron chi connectivity index (χ3n) is 5.35. The Morgan fingerprint density at radius 1 is 0.966 bits per heavy atom. The molecule has 4 aromatic rings. The van der Waals surface area contributed by atoms with Gasteiger partial charge in [-0.2, -0.15) is 0 Å². The first-order valence-electron chi connectivity index (χ1n) is 9.36. The second-order valence-electron chi connectivity index (χ2n) is 7.17. The predicted molar refractivity (Wildman–Crippen MR) is 116 cm³/mol. The lowest BCUT2D eigenvalue weighted by Gasteiger charge is -2.29. The van der Waals surface area contributed by atoms with Crippen LogP contribution in [0.2, 0.25) is 10.0 Å². The number of ether oxygens (including phenoxy) is 1. The number of hydrogen-bond donors (Lipinski definition) is 0. The molecular formula is C23H17Cl2NO3. The summed E-state index contributed by atoms with van der Waals surface area (Å²) < 4.78 is 11.7. The molecule has 5 rings (SSSR count). The molecule has 0 spiro atoms. The lowest BCUT2D eigenvalue weighted by molar-refractivity contribution is 0.0968. The first-order valence-corrected chi connectivity index (χ1v) is 10.1. The van der Waals surface area contributed by atoms with Gasteiger partial charge in [-0.05, 0) is 47.7 Å². The lowest BCUT2D eigenvalue weighted by Crippen LogP contribution is -2.33. The minimum Gasteiger partial charge on any atom is -0.478 e. The number of fused-ring (bicyclic) bond motifs is 5. The zero-order chi connectivity index (χ0) is 20.0. The van der Waals surface area contributed by atoms with Gasteiger partial charge in [0.2, 0.25) is 0 Å². The molecule has 1 aliphatic heterocycles. The van der Waals surface area contributed by atoms with Gasteiger partial charge in [0.15, 0.2) is 0 Å². The van der Waals surface area contributed by atoms with Crippen LogP contribution in [0.3, 0.4) is 0 Å². The van der Waals surface area contributed by atoms with Crippen molar-refractivity contribution in [3.8, 4) is 5.75 Å². The second kappa shape index (κ2) is 7.38. The van der Waals surface area contributed by atoms with E-state index in [-0.39, 0.29) is 5.63 Å². The summed E-state index contributed by atoms with van der Waals surface area (Å²) in [5.41, 5.74) is 2.21. The molecule has 0 atom stereocenters. The summed E-state index contributed by atoms with van der Waals surface area (Å²) in [4.78, 5) is 14.7. The Hall–Kier alpha value is -2.53. The van der Waals surface area contributed by atoms with Crippen LogP contribution >= 0.6 is 23.2 Å². The molecule has 1 aliphatic rings. The summed E-state index contributed by atoms with van der Waals surface area (Å²) in [5.74, 6) is 0.761. The van der Waals surface area contributed by atoms with Crippen LogP contribution in [-0.2, 0) is 13.0 Å². The predicted octanol–water partition coefficient (Wildman–Crippen LogP) is 5.65. The van der Waals surface area contributed by atoms with Crippen LogP contribution in [0.25, 0.3) is 21.7 Å². The van der Waals surface area contributed by atoms with E-state index in [0.717, 1.165) is 40.6 Å². The van der Waals surface area contributed by atoms with Crippen LogP contribution < -0.4 is 10.4 Å². The molecule has 0 amide bonds. The maximum atomic E-state index is 12.5. The summed E-state index contributed by atoms with van der Waals surface area (Å²) in [6, 6.07) is 17.0. The monoisotopic (exact) mass is 425 g/mol. The number of benzene rings is 3. The van der Waals surface area contributed by atoms with Crippen molar-refractivity contribution in [2.45, 2.75) is 13.0 Å². The molecule has 0 fully saturated rings. The second-order valence-corrected chi connectivity index (χ2v) is 8.01. The minimum atomic E-state index is -0.327. The summed E-state index contributed by atoms with van der Waals surface area (Å²) in [5, 5.41) is 3.70. The maximum absolute atomic E-state index is 12.5. The van der Waals surface area contributed by atoms with Crippen molar-refractivity contribution in [3.63, 3.8) is 0 Å². The van der Waals surface area contributed by atoms with Crippen LogP contribution in [0.5, 0.6) is 5.75 Å². The van der Waals surface area contributed by atoms with E-state index < -0.39 is 0 Å². The maximum Gasteiger partial charge on any atom is 0.344 e. The fourth-order valence-electron chi connectivity index (χ4n) is 3.84. The summed E-state index contributed by atoms with van der Waals surface area (Å²) in [6.07, 6.45) is 0.770. The molecular weight excluding hydrogens is 409 g/mol. The van der Waals surface area contributed by atoms with Gasteiger partial charge < -0.3 is 9.15 Å². The van der Waals surface area contributed by atoms with Crippen LogP contribution in [0.1, 0.15) is 11.1 Å². The summed E-state index contributed by atoms with van der Waals surface area (Å²) in [7, 11) is 0. The Balaban J connectivity index is 1.48. The van der Waals surface area contributed by atoms with Gasteiger partial charge in [-0.15, -0.1) is 0 Å². The van der Waals surface area contributed by atoms with Gasteiger partial charge in [0.05, 0.1) is 10.9 Å². The lowest BCUT2D eigenvalue weighted by atomic mass is 10.0. The van der Waals surface area contributed by atoms with Gasteiger partial charge in [0, 0.05) is 28.5 Å². The quantitative estimate of drug-likeness (QED) is 0.314. The number of halogens is 2. The molecule has 146 valence electrons. The third kappa shape index (κ3) is 3.38. The van der Waals surface area contributed by atoms with Crippen LogP contribution in [-0.4, -0.2) is 18.2 Å². The Morgan fingerprint density at radius 3 is 2.62 bits per heavy atom. The first kappa shape index (κ1) is 18.5. The highest BCUT2D eigenvalue weighted by Crippen LogP contribution is 2.34. The fraction of sp³-hybridized carbons (Fsp3) is 0.174. The van der Waals surface area contributed by atoms with Gasteiger partial charge in [-0.1, -0.05) is 47.5 Å². The van der Waals surface area contributed by atoms with Crippen molar-refractivity contribution in [2.75, 3.05) is 13.3 Å². The molecule has 3 aromatic carbocycles. The van der Waals surface area contributed by atoms with Crippen molar-refractivity contribution in [3.05, 3.63) is 86.2 Å². The largest absolute Gasteiger partial charge is 0.478 e.